The molecule has 0 unspecified atom stereocenters. The van der Waals surface area contributed by atoms with Crippen molar-refractivity contribution in [2.24, 2.45) is 0 Å². The summed E-state index contributed by atoms with van der Waals surface area (Å²) in [6.07, 6.45) is 9.47. The van der Waals surface area contributed by atoms with Gasteiger partial charge in [0, 0.05) is 17.0 Å². The van der Waals surface area contributed by atoms with E-state index < -0.39 is 0 Å². The van der Waals surface area contributed by atoms with E-state index in [1.807, 2.05) is 33.6 Å². The Labute approximate surface area is 158 Å². The van der Waals surface area contributed by atoms with Gasteiger partial charge in [-0.3, -0.25) is 9.36 Å². The molecule has 0 atom stereocenters. The molecule has 1 N–H and O–H groups in total. The molecule has 0 bridgehead atoms. The predicted molar refractivity (Wildman–Crippen MR) is 105 cm³/mol. The fourth-order valence-corrected chi connectivity index (χ4v) is 4.62. The maximum atomic E-state index is 13.4. The third kappa shape index (κ3) is 2.72. The molecule has 140 valence electrons. The molecule has 1 fully saturated rings. The average Bonchev–Trinajstić information content (AvgIpc) is 3.07. The molecule has 0 amide bonds. The Hall–Kier alpha value is -2.40. The highest BCUT2D eigenvalue weighted by molar-refractivity contribution is 5.81. The molecule has 1 aromatic carbocycles. The second-order valence-corrected chi connectivity index (χ2v) is 7.94. The highest BCUT2D eigenvalue weighted by Gasteiger charge is 2.28. The molecular weight excluding hydrogens is 338 g/mol. The molecular formula is C22H25N3O2. The van der Waals surface area contributed by atoms with Gasteiger partial charge in [0.2, 0.25) is 0 Å². The maximum absolute atomic E-state index is 13.4. The third-order valence-electron chi connectivity index (χ3n) is 6.26. The number of hydrogen-bond donors (Lipinski definition) is 1. The number of aliphatic hydroxyl groups excluding tert-OH is 1. The van der Waals surface area contributed by atoms with Gasteiger partial charge in [-0.2, -0.15) is 5.10 Å². The molecule has 2 aromatic heterocycles. The van der Waals surface area contributed by atoms with Crippen molar-refractivity contribution in [3.8, 4) is 0 Å². The van der Waals surface area contributed by atoms with Crippen molar-refractivity contribution >= 4 is 11.0 Å². The third-order valence-corrected chi connectivity index (χ3v) is 6.26. The van der Waals surface area contributed by atoms with Gasteiger partial charge in [0.1, 0.15) is 5.65 Å². The highest BCUT2D eigenvalue weighted by Crippen LogP contribution is 2.35. The minimum absolute atomic E-state index is 0.0357. The smallest absolute Gasteiger partial charge is 0.255 e. The van der Waals surface area contributed by atoms with Gasteiger partial charge in [0.25, 0.3) is 5.56 Å². The zero-order chi connectivity index (χ0) is 18.4. The summed E-state index contributed by atoms with van der Waals surface area (Å²) >= 11 is 0. The van der Waals surface area contributed by atoms with Gasteiger partial charge in [0.15, 0.2) is 0 Å². The molecule has 27 heavy (non-hydrogen) atoms. The number of rotatable bonds is 4. The number of pyridine rings is 1. The molecule has 2 aliphatic rings. The lowest BCUT2D eigenvalue weighted by molar-refractivity contribution is 0.281. The summed E-state index contributed by atoms with van der Waals surface area (Å²) in [5.41, 5.74) is 5.46. The Morgan fingerprint density at radius 3 is 2.59 bits per heavy atom. The van der Waals surface area contributed by atoms with Gasteiger partial charge >= 0.3 is 0 Å². The van der Waals surface area contributed by atoms with Crippen molar-refractivity contribution in [2.75, 3.05) is 0 Å². The van der Waals surface area contributed by atoms with E-state index in [1.54, 1.807) is 0 Å². The van der Waals surface area contributed by atoms with Crippen LogP contribution in [-0.4, -0.2) is 19.5 Å². The standard InChI is InChI=1S/C22H25N3O2/c26-14-16-6-3-5-15(11-16)13-24-21-20(12-23-24)18-9-1-2-10-19(18)22(27)25(21)17-7-4-8-17/h3,5-6,11-12,17,26H,1-2,4,7-10,13-14H2. The largest absolute Gasteiger partial charge is 0.392 e. The van der Waals surface area contributed by atoms with Crippen molar-refractivity contribution in [2.45, 2.75) is 64.1 Å². The van der Waals surface area contributed by atoms with E-state index in [1.165, 1.54) is 12.0 Å². The van der Waals surface area contributed by atoms with Crippen LogP contribution in [0.25, 0.3) is 11.0 Å². The van der Waals surface area contributed by atoms with Crippen LogP contribution in [0.3, 0.4) is 0 Å². The summed E-state index contributed by atoms with van der Waals surface area (Å²) in [6, 6.07) is 8.26. The molecule has 2 heterocycles. The normalized spacial score (nSPS) is 17.1. The molecule has 0 spiro atoms. The first-order valence-corrected chi connectivity index (χ1v) is 10.1. The Bertz CT molecular complexity index is 1060. The van der Waals surface area contributed by atoms with E-state index in [4.69, 9.17) is 5.10 Å². The van der Waals surface area contributed by atoms with Crippen molar-refractivity contribution in [1.29, 1.82) is 0 Å². The summed E-state index contributed by atoms with van der Waals surface area (Å²) in [6.45, 7) is 0.649. The molecule has 3 aromatic rings. The molecule has 2 aliphatic carbocycles. The van der Waals surface area contributed by atoms with Crippen LogP contribution in [0.15, 0.2) is 35.3 Å². The summed E-state index contributed by atoms with van der Waals surface area (Å²) in [4.78, 5) is 13.4. The van der Waals surface area contributed by atoms with Crippen LogP contribution in [0, 0.1) is 0 Å². The average molecular weight is 363 g/mol. The highest BCUT2D eigenvalue weighted by atomic mass is 16.3. The number of hydrogen-bond acceptors (Lipinski definition) is 3. The number of benzene rings is 1. The van der Waals surface area contributed by atoms with Crippen molar-refractivity contribution in [3.05, 3.63) is 63.1 Å². The number of aliphatic hydroxyl groups is 1. The zero-order valence-electron chi connectivity index (χ0n) is 15.5. The van der Waals surface area contributed by atoms with Crippen molar-refractivity contribution < 1.29 is 5.11 Å². The molecule has 5 rings (SSSR count). The van der Waals surface area contributed by atoms with Gasteiger partial charge in [-0.15, -0.1) is 0 Å². The molecule has 1 saturated carbocycles. The number of aromatic nitrogens is 3. The molecule has 5 nitrogen and oxygen atoms in total. The molecule has 0 aliphatic heterocycles. The zero-order valence-corrected chi connectivity index (χ0v) is 15.5. The summed E-state index contributed by atoms with van der Waals surface area (Å²) in [7, 11) is 0. The maximum Gasteiger partial charge on any atom is 0.255 e. The Morgan fingerprint density at radius 1 is 1.07 bits per heavy atom. The van der Waals surface area contributed by atoms with E-state index in [9.17, 15) is 9.90 Å². The van der Waals surface area contributed by atoms with Crippen LogP contribution in [0.4, 0.5) is 0 Å². The van der Waals surface area contributed by atoms with Gasteiger partial charge in [0.05, 0.1) is 19.3 Å². The summed E-state index contributed by atoms with van der Waals surface area (Å²) < 4.78 is 4.03. The van der Waals surface area contributed by atoms with E-state index in [2.05, 4.69) is 6.07 Å². The van der Waals surface area contributed by atoms with E-state index in [-0.39, 0.29) is 12.2 Å². The lowest BCUT2D eigenvalue weighted by Gasteiger charge is -2.30. The molecule has 5 heteroatoms. The van der Waals surface area contributed by atoms with Crippen molar-refractivity contribution in [3.63, 3.8) is 0 Å². The second kappa shape index (κ2) is 6.64. The number of fused-ring (bicyclic) bond motifs is 3. The molecule has 0 radical (unpaired) electrons. The topological polar surface area (TPSA) is 60.1 Å². The summed E-state index contributed by atoms with van der Waals surface area (Å²) in [5, 5.41) is 15.3. The van der Waals surface area contributed by atoms with Crippen LogP contribution in [0.2, 0.25) is 0 Å². The van der Waals surface area contributed by atoms with Crippen LogP contribution in [-0.2, 0) is 26.0 Å². The van der Waals surface area contributed by atoms with Crippen LogP contribution in [0.5, 0.6) is 0 Å². The Kier molecular flexibility index (Phi) is 4.12. The lowest BCUT2D eigenvalue weighted by atomic mass is 9.88. The predicted octanol–water partition coefficient (Wildman–Crippen LogP) is 3.34. The Balaban J connectivity index is 1.69. The first kappa shape index (κ1) is 16.8. The van der Waals surface area contributed by atoms with Crippen LogP contribution < -0.4 is 5.56 Å². The minimum Gasteiger partial charge on any atom is -0.392 e. The van der Waals surface area contributed by atoms with E-state index in [0.717, 1.165) is 66.2 Å². The van der Waals surface area contributed by atoms with Gasteiger partial charge in [-0.25, -0.2) is 4.68 Å². The van der Waals surface area contributed by atoms with E-state index in [0.29, 0.717) is 12.6 Å². The fourth-order valence-electron chi connectivity index (χ4n) is 4.62. The van der Waals surface area contributed by atoms with Crippen molar-refractivity contribution in [1.82, 2.24) is 14.3 Å². The minimum atomic E-state index is 0.0357. The fraction of sp³-hybridized carbons (Fsp3) is 0.455. The van der Waals surface area contributed by atoms with Gasteiger partial charge in [-0.05, 0) is 61.6 Å². The monoisotopic (exact) mass is 363 g/mol. The van der Waals surface area contributed by atoms with E-state index >= 15 is 0 Å². The SMILES string of the molecule is O=c1c2c(c3cnn(Cc4cccc(CO)c4)c3n1C1CCC1)CCCC2. The summed E-state index contributed by atoms with van der Waals surface area (Å²) in [5.74, 6) is 0. The number of aryl methyl sites for hydroxylation is 1. The van der Waals surface area contributed by atoms with Gasteiger partial charge < -0.3 is 5.11 Å². The van der Waals surface area contributed by atoms with Crippen LogP contribution in [0.1, 0.15) is 60.4 Å². The molecule has 0 saturated heterocycles. The second-order valence-electron chi connectivity index (χ2n) is 7.94. The first-order chi connectivity index (χ1) is 13.3. The lowest BCUT2D eigenvalue weighted by Crippen LogP contribution is -2.34. The number of nitrogens with zero attached hydrogens (tertiary/aromatic N) is 3. The Morgan fingerprint density at radius 2 is 1.85 bits per heavy atom. The van der Waals surface area contributed by atoms with Gasteiger partial charge in [-0.1, -0.05) is 24.3 Å². The quantitative estimate of drug-likeness (QED) is 0.773. The van der Waals surface area contributed by atoms with Crippen LogP contribution >= 0.6 is 0 Å². The first-order valence-electron chi connectivity index (χ1n) is 10.1.